The molecule has 0 heterocycles. The zero-order valence-corrected chi connectivity index (χ0v) is 10.2. The van der Waals surface area contributed by atoms with E-state index >= 15 is 0 Å². The first-order chi connectivity index (χ1) is 7.33. The predicted molar refractivity (Wildman–Crippen MR) is 68.1 cm³/mol. The van der Waals surface area contributed by atoms with Crippen LogP contribution in [0.5, 0.6) is 0 Å². The first-order valence-electron chi connectivity index (χ1n) is 4.99. The average molecular weight is 245 g/mol. The Hall–Kier alpha value is -0.190. The second-order valence-electron chi connectivity index (χ2n) is 3.06. The molecular formula is C11H16FNS2. The maximum absolute atomic E-state index is 12.6. The lowest BCUT2D eigenvalue weighted by Gasteiger charge is -2.01. The maximum Gasteiger partial charge on any atom is 0.123 e. The minimum absolute atomic E-state index is 0.170. The van der Waals surface area contributed by atoms with Gasteiger partial charge < -0.3 is 5.73 Å². The van der Waals surface area contributed by atoms with Crippen molar-refractivity contribution in [1.82, 2.24) is 0 Å². The van der Waals surface area contributed by atoms with E-state index in [2.05, 4.69) is 0 Å². The summed E-state index contributed by atoms with van der Waals surface area (Å²) < 4.78 is 12.6. The van der Waals surface area contributed by atoms with Crippen LogP contribution in [0.15, 0.2) is 29.2 Å². The number of halogens is 1. The molecule has 0 aliphatic heterocycles. The van der Waals surface area contributed by atoms with Crippen molar-refractivity contribution in [2.45, 2.75) is 11.3 Å². The Morgan fingerprint density at radius 2 is 1.80 bits per heavy atom. The highest BCUT2D eigenvalue weighted by molar-refractivity contribution is 8.02. The van der Waals surface area contributed by atoms with Gasteiger partial charge in [-0.2, -0.15) is 11.8 Å². The van der Waals surface area contributed by atoms with Crippen LogP contribution in [0.4, 0.5) is 4.39 Å². The lowest BCUT2D eigenvalue weighted by Crippen LogP contribution is -2.00. The smallest absolute Gasteiger partial charge is 0.123 e. The van der Waals surface area contributed by atoms with Gasteiger partial charge in [-0.1, -0.05) is 0 Å². The number of rotatable bonds is 7. The number of hydrogen-bond acceptors (Lipinski definition) is 3. The molecule has 0 amide bonds. The summed E-state index contributed by atoms with van der Waals surface area (Å²) in [7, 11) is 0. The van der Waals surface area contributed by atoms with Crippen LogP contribution in [0.25, 0.3) is 0 Å². The Labute approximate surface area is 99.0 Å². The predicted octanol–water partition coefficient (Wildman–Crippen LogP) is 3.00. The molecule has 0 atom stereocenters. The first-order valence-corrected chi connectivity index (χ1v) is 7.13. The zero-order chi connectivity index (χ0) is 10.9. The van der Waals surface area contributed by atoms with Crippen LogP contribution in [0.1, 0.15) is 6.42 Å². The third-order valence-electron chi connectivity index (χ3n) is 1.80. The topological polar surface area (TPSA) is 26.0 Å². The van der Waals surface area contributed by atoms with Crippen LogP contribution < -0.4 is 5.73 Å². The largest absolute Gasteiger partial charge is 0.330 e. The summed E-state index contributed by atoms with van der Waals surface area (Å²) in [6, 6.07) is 6.66. The number of hydrogen-bond donors (Lipinski definition) is 1. The summed E-state index contributed by atoms with van der Waals surface area (Å²) in [6.45, 7) is 0.776. The van der Waals surface area contributed by atoms with Gasteiger partial charge in [-0.05, 0) is 43.0 Å². The van der Waals surface area contributed by atoms with Gasteiger partial charge >= 0.3 is 0 Å². The van der Waals surface area contributed by atoms with Crippen molar-refractivity contribution in [2.75, 3.05) is 23.8 Å². The summed E-state index contributed by atoms with van der Waals surface area (Å²) >= 11 is 3.69. The second-order valence-corrected chi connectivity index (χ2v) is 5.45. The van der Waals surface area contributed by atoms with E-state index in [1.54, 1.807) is 11.8 Å². The molecule has 0 fully saturated rings. The van der Waals surface area contributed by atoms with E-state index in [0.717, 1.165) is 35.1 Å². The fraction of sp³-hybridized carbons (Fsp3) is 0.455. The molecule has 1 aromatic carbocycles. The van der Waals surface area contributed by atoms with Gasteiger partial charge in [-0.3, -0.25) is 0 Å². The van der Waals surface area contributed by atoms with Gasteiger partial charge in [0.05, 0.1) is 0 Å². The molecule has 0 aliphatic rings. The van der Waals surface area contributed by atoms with Crippen molar-refractivity contribution in [2.24, 2.45) is 5.73 Å². The zero-order valence-electron chi connectivity index (χ0n) is 8.62. The molecule has 0 unspecified atom stereocenters. The van der Waals surface area contributed by atoms with Crippen LogP contribution in [0.2, 0.25) is 0 Å². The Morgan fingerprint density at radius 3 is 2.47 bits per heavy atom. The summed E-state index contributed by atoms with van der Waals surface area (Å²) in [5.41, 5.74) is 5.39. The Balaban J connectivity index is 2.07. The van der Waals surface area contributed by atoms with E-state index in [1.165, 1.54) is 12.1 Å². The standard InChI is InChI=1S/C11H16FNS2/c12-10-2-4-11(5-3-10)15-9-8-14-7-1-6-13/h2-5H,1,6-9,13H2. The van der Waals surface area contributed by atoms with Gasteiger partial charge in [0.1, 0.15) is 5.82 Å². The molecule has 1 aromatic rings. The highest BCUT2D eigenvalue weighted by Gasteiger charge is 1.95. The molecule has 2 N–H and O–H groups in total. The molecule has 0 saturated carbocycles. The van der Waals surface area contributed by atoms with E-state index in [-0.39, 0.29) is 5.82 Å². The molecular weight excluding hydrogens is 229 g/mol. The minimum Gasteiger partial charge on any atom is -0.330 e. The fourth-order valence-electron chi connectivity index (χ4n) is 1.04. The number of thioether (sulfide) groups is 2. The minimum atomic E-state index is -0.170. The molecule has 0 aliphatic carbocycles. The molecule has 84 valence electrons. The van der Waals surface area contributed by atoms with Crippen LogP contribution in [-0.4, -0.2) is 23.8 Å². The van der Waals surface area contributed by atoms with E-state index in [9.17, 15) is 4.39 Å². The van der Waals surface area contributed by atoms with E-state index < -0.39 is 0 Å². The van der Waals surface area contributed by atoms with Crippen LogP contribution >= 0.6 is 23.5 Å². The van der Waals surface area contributed by atoms with Crippen molar-refractivity contribution in [3.63, 3.8) is 0 Å². The van der Waals surface area contributed by atoms with Crippen molar-refractivity contribution in [1.29, 1.82) is 0 Å². The average Bonchev–Trinajstić information content (AvgIpc) is 2.26. The SMILES string of the molecule is NCCCSCCSc1ccc(F)cc1. The lowest BCUT2D eigenvalue weighted by atomic mass is 10.4. The van der Waals surface area contributed by atoms with Crippen molar-refractivity contribution in [3.8, 4) is 0 Å². The molecule has 0 bridgehead atoms. The van der Waals surface area contributed by atoms with Crippen LogP contribution in [0, 0.1) is 5.82 Å². The number of nitrogens with two attached hydrogens (primary N) is 1. The van der Waals surface area contributed by atoms with Crippen LogP contribution in [0.3, 0.4) is 0 Å². The molecule has 15 heavy (non-hydrogen) atoms. The molecule has 1 nitrogen and oxygen atoms in total. The highest BCUT2D eigenvalue weighted by atomic mass is 32.2. The Kier molecular flexibility index (Phi) is 6.88. The lowest BCUT2D eigenvalue weighted by molar-refractivity contribution is 0.626. The highest BCUT2D eigenvalue weighted by Crippen LogP contribution is 2.19. The summed E-state index contributed by atoms with van der Waals surface area (Å²) in [4.78, 5) is 1.14. The summed E-state index contributed by atoms with van der Waals surface area (Å²) in [5, 5.41) is 0. The van der Waals surface area contributed by atoms with E-state index in [4.69, 9.17) is 5.73 Å². The molecule has 0 spiro atoms. The third kappa shape index (κ3) is 6.07. The normalized spacial score (nSPS) is 10.5. The number of benzene rings is 1. The molecule has 0 aromatic heterocycles. The molecule has 1 rings (SSSR count). The van der Waals surface area contributed by atoms with Gasteiger partial charge in [-0.25, -0.2) is 4.39 Å². The van der Waals surface area contributed by atoms with Crippen molar-refractivity contribution >= 4 is 23.5 Å². The van der Waals surface area contributed by atoms with Gasteiger partial charge in [0.2, 0.25) is 0 Å². The van der Waals surface area contributed by atoms with Gasteiger partial charge in [0, 0.05) is 16.4 Å². The van der Waals surface area contributed by atoms with Crippen molar-refractivity contribution in [3.05, 3.63) is 30.1 Å². The third-order valence-corrected chi connectivity index (χ3v) is 4.15. The molecule has 4 heteroatoms. The van der Waals surface area contributed by atoms with Crippen molar-refractivity contribution < 1.29 is 4.39 Å². The van der Waals surface area contributed by atoms with Gasteiger partial charge in [0.15, 0.2) is 0 Å². The fourth-order valence-corrected chi connectivity index (χ4v) is 2.98. The maximum atomic E-state index is 12.6. The summed E-state index contributed by atoms with van der Waals surface area (Å²) in [6.07, 6.45) is 1.09. The Bertz CT molecular complexity index is 264. The summed E-state index contributed by atoms with van der Waals surface area (Å²) in [5.74, 6) is 3.17. The van der Waals surface area contributed by atoms with E-state index in [1.807, 2.05) is 23.9 Å². The van der Waals surface area contributed by atoms with Gasteiger partial charge in [0.25, 0.3) is 0 Å². The van der Waals surface area contributed by atoms with E-state index in [0.29, 0.717) is 0 Å². The second kappa shape index (κ2) is 8.02. The van der Waals surface area contributed by atoms with Crippen LogP contribution in [-0.2, 0) is 0 Å². The molecule has 0 radical (unpaired) electrons. The Morgan fingerprint density at radius 1 is 1.07 bits per heavy atom. The monoisotopic (exact) mass is 245 g/mol. The van der Waals surface area contributed by atoms with Gasteiger partial charge in [-0.15, -0.1) is 11.8 Å². The quantitative estimate of drug-likeness (QED) is 0.591. The first kappa shape index (κ1) is 12.9. The molecule has 0 saturated heterocycles.